The molecular weight excluding hydrogens is 376 g/mol. The number of fused-ring (bicyclic) bond motifs is 1. The number of halogens is 1. The largest absolute Gasteiger partial charge is 0.383 e. The van der Waals surface area contributed by atoms with E-state index in [0.29, 0.717) is 19.0 Å². The molecule has 1 aliphatic heterocycles. The maximum Gasteiger partial charge on any atom is 0.211 e. The zero-order valence-corrected chi connectivity index (χ0v) is 16.0. The standard InChI is InChI=1S/C17H25BrN2O2S/c1-23(21,22)20-12-14-10-15(18)7-8-17(14)19-11-16(20)9-13-5-3-2-4-6-13/h7-8,10,13,16,19H,2-6,9,11-12H2,1H3/t16-/m1/s1. The van der Waals surface area contributed by atoms with Gasteiger partial charge >= 0.3 is 0 Å². The zero-order valence-electron chi connectivity index (χ0n) is 13.6. The SMILES string of the molecule is CS(=O)(=O)N1Cc2cc(Br)ccc2NC[C@H]1CC1CCCCC1. The van der Waals surface area contributed by atoms with E-state index in [1.165, 1.54) is 38.4 Å². The van der Waals surface area contributed by atoms with Gasteiger partial charge in [0.1, 0.15) is 0 Å². The van der Waals surface area contributed by atoms with Crippen molar-refractivity contribution in [1.82, 2.24) is 4.31 Å². The van der Waals surface area contributed by atoms with E-state index in [9.17, 15) is 8.42 Å². The Hall–Kier alpha value is -0.590. The van der Waals surface area contributed by atoms with Crippen molar-refractivity contribution in [2.75, 3.05) is 18.1 Å². The monoisotopic (exact) mass is 400 g/mol. The number of benzene rings is 1. The highest BCUT2D eigenvalue weighted by molar-refractivity contribution is 9.10. The minimum Gasteiger partial charge on any atom is -0.383 e. The van der Waals surface area contributed by atoms with Crippen LogP contribution in [0.1, 0.15) is 44.1 Å². The van der Waals surface area contributed by atoms with Crippen molar-refractivity contribution in [2.24, 2.45) is 5.92 Å². The normalized spacial score (nSPS) is 23.8. The fraction of sp³-hybridized carbons (Fsp3) is 0.647. The van der Waals surface area contributed by atoms with Crippen molar-refractivity contribution in [3.63, 3.8) is 0 Å². The van der Waals surface area contributed by atoms with Crippen LogP contribution in [-0.2, 0) is 16.6 Å². The van der Waals surface area contributed by atoms with Gasteiger partial charge in [-0.2, -0.15) is 4.31 Å². The first-order valence-corrected chi connectivity index (χ1v) is 11.1. The molecule has 2 aliphatic rings. The summed E-state index contributed by atoms with van der Waals surface area (Å²) in [6.45, 7) is 1.15. The number of anilines is 1. The lowest BCUT2D eigenvalue weighted by Gasteiger charge is -2.32. The molecule has 0 aromatic heterocycles. The second-order valence-corrected chi connectivity index (χ2v) is 9.73. The van der Waals surface area contributed by atoms with Crippen molar-refractivity contribution in [1.29, 1.82) is 0 Å². The third-order valence-corrected chi connectivity index (χ3v) is 6.86. The highest BCUT2D eigenvalue weighted by Gasteiger charge is 2.32. The van der Waals surface area contributed by atoms with E-state index < -0.39 is 10.0 Å². The minimum atomic E-state index is -3.23. The molecule has 0 saturated heterocycles. The second kappa shape index (κ2) is 7.11. The van der Waals surface area contributed by atoms with Gasteiger partial charge in [0.25, 0.3) is 0 Å². The van der Waals surface area contributed by atoms with Crippen LogP contribution in [0, 0.1) is 5.92 Å². The van der Waals surface area contributed by atoms with Crippen LogP contribution < -0.4 is 5.32 Å². The fourth-order valence-corrected chi connectivity index (χ4v) is 5.37. The van der Waals surface area contributed by atoms with E-state index in [-0.39, 0.29) is 6.04 Å². The predicted octanol–water partition coefficient (Wildman–Crippen LogP) is 3.98. The Morgan fingerprint density at radius 1 is 1.26 bits per heavy atom. The van der Waals surface area contributed by atoms with Gasteiger partial charge in [0.15, 0.2) is 0 Å². The van der Waals surface area contributed by atoms with Crippen molar-refractivity contribution in [2.45, 2.75) is 51.1 Å². The summed E-state index contributed by atoms with van der Waals surface area (Å²) in [7, 11) is -3.23. The maximum atomic E-state index is 12.4. The molecule has 3 rings (SSSR count). The molecule has 1 atom stereocenters. The number of hydrogen-bond donors (Lipinski definition) is 1. The lowest BCUT2D eigenvalue weighted by atomic mass is 9.85. The summed E-state index contributed by atoms with van der Waals surface area (Å²) in [6.07, 6.45) is 8.70. The van der Waals surface area contributed by atoms with Gasteiger partial charge in [-0.25, -0.2) is 8.42 Å². The molecule has 1 heterocycles. The lowest BCUT2D eigenvalue weighted by Crippen LogP contribution is -2.42. The molecule has 1 aromatic rings. The molecule has 0 unspecified atom stereocenters. The van der Waals surface area contributed by atoms with Gasteiger partial charge in [-0.3, -0.25) is 0 Å². The van der Waals surface area contributed by atoms with E-state index in [0.717, 1.165) is 22.1 Å². The molecule has 0 radical (unpaired) electrons. The second-order valence-electron chi connectivity index (χ2n) is 6.88. The molecule has 1 saturated carbocycles. The zero-order chi connectivity index (χ0) is 16.4. The highest BCUT2D eigenvalue weighted by atomic mass is 79.9. The Balaban J connectivity index is 1.84. The first-order valence-electron chi connectivity index (χ1n) is 8.42. The van der Waals surface area contributed by atoms with Crippen LogP contribution in [0.5, 0.6) is 0 Å². The Morgan fingerprint density at radius 3 is 2.70 bits per heavy atom. The Bertz CT molecular complexity index is 657. The van der Waals surface area contributed by atoms with E-state index in [2.05, 4.69) is 21.2 Å². The third-order valence-electron chi connectivity index (χ3n) is 5.09. The van der Waals surface area contributed by atoms with Crippen LogP contribution in [0.25, 0.3) is 0 Å². The average Bonchev–Trinajstić information content (AvgIpc) is 2.68. The maximum absolute atomic E-state index is 12.4. The number of nitrogens with zero attached hydrogens (tertiary/aromatic N) is 1. The number of hydrogen-bond acceptors (Lipinski definition) is 3. The first kappa shape index (κ1) is 17.2. The number of rotatable bonds is 3. The topological polar surface area (TPSA) is 49.4 Å². The molecule has 4 nitrogen and oxygen atoms in total. The van der Waals surface area contributed by atoms with E-state index in [1.807, 2.05) is 18.2 Å². The van der Waals surface area contributed by atoms with Gasteiger partial charge in [-0.15, -0.1) is 0 Å². The number of sulfonamides is 1. The van der Waals surface area contributed by atoms with Gasteiger partial charge in [-0.1, -0.05) is 48.0 Å². The number of nitrogens with one attached hydrogen (secondary N) is 1. The molecular formula is C17H25BrN2O2S. The highest BCUT2D eigenvalue weighted by Crippen LogP contribution is 2.33. The van der Waals surface area contributed by atoms with Crippen molar-refractivity contribution < 1.29 is 8.42 Å². The van der Waals surface area contributed by atoms with Crippen molar-refractivity contribution in [3.8, 4) is 0 Å². The molecule has 23 heavy (non-hydrogen) atoms. The van der Waals surface area contributed by atoms with E-state index >= 15 is 0 Å². The molecule has 6 heteroatoms. The molecule has 0 spiro atoms. The lowest BCUT2D eigenvalue weighted by molar-refractivity contribution is 0.242. The summed E-state index contributed by atoms with van der Waals surface area (Å²) >= 11 is 3.49. The minimum absolute atomic E-state index is 0.0410. The van der Waals surface area contributed by atoms with Crippen molar-refractivity contribution in [3.05, 3.63) is 28.2 Å². The predicted molar refractivity (Wildman–Crippen MR) is 98.0 cm³/mol. The van der Waals surface area contributed by atoms with Gasteiger partial charge in [0.2, 0.25) is 10.0 Å². The van der Waals surface area contributed by atoms with E-state index in [4.69, 9.17) is 0 Å². The molecule has 0 bridgehead atoms. The van der Waals surface area contributed by atoms with Gasteiger partial charge in [0.05, 0.1) is 6.26 Å². The first-order chi connectivity index (χ1) is 10.9. The fourth-order valence-electron chi connectivity index (χ4n) is 3.89. The summed E-state index contributed by atoms with van der Waals surface area (Å²) in [5, 5.41) is 3.47. The van der Waals surface area contributed by atoms with Crippen LogP contribution >= 0.6 is 15.9 Å². The molecule has 1 aromatic carbocycles. The smallest absolute Gasteiger partial charge is 0.211 e. The summed E-state index contributed by atoms with van der Waals surface area (Å²) in [4.78, 5) is 0. The van der Waals surface area contributed by atoms with Crippen LogP contribution in [-0.4, -0.2) is 31.6 Å². The van der Waals surface area contributed by atoms with Gasteiger partial charge < -0.3 is 5.32 Å². The quantitative estimate of drug-likeness (QED) is 0.834. The molecule has 0 amide bonds. The summed E-state index contributed by atoms with van der Waals surface area (Å²) in [6, 6.07) is 6.09. The Labute approximate surface area is 147 Å². The third kappa shape index (κ3) is 4.28. The van der Waals surface area contributed by atoms with Crippen LogP contribution in [0.4, 0.5) is 5.69 Å². The summed E-state index contributed by atoms with van der Waals surface area (Å²) in [5.41, 5.74) is 2.09. The molecule has 1 N–H and O–H groups in total. The average molecular weight is 401 g/mol. The van der Waals surface area contributed by atoms with Gasteiger partial charge in [-0.05, 0) is 36.1 Å². The molecule has 128 valence electrons. The van der Waals surface area contributed by atoms with Gasteiger partial charge in [0, 0.05) is 29.3 Å². The summed E-state index contributed by atoms with van der Waals surface area (Å²) < 4.78 is 27.4. The van der Waals surface area contributed by atoms with Crippen LogP contribution in [0.2, 0.25) is 0 Å². The summed E-state index contributed by atoms with van der Waals surface area (Å²) in [5.74, 6) is 0.660. The van der Waals surface area contributed by atoms with E-state index in [1.54, 1.807) is 4.31 Å². The molecule has 1 aliphatic carbocycles. The van der Waals surface area contributed by atoms with Crippen LogP contribution in [0.3, 0.4) is 0 Å². The molecule has 1 fully saturated rings. The Morgan fingerprint density at radius 2 is 2.00 bits per heavy atom. The van der Waals surface area contributed by atoms with Crippen molar-refractivity contribution >= 4 is 31.6 Å². The van der Waals surface area contributed by atoms with Crippen LogP contribution in [0.15, 0.2) is 22.7 Å². The Kier molecular flexibility index (Phi) is 5.33.